The van der Waals surface area contributed by atoms with E-state index in [-0.39, 0.29) is 5.69 Å². The fraction of sp³-hybridized carbons (Fsp3) is 0.0952. The maximum absolute atomic E-state index is 12.8. The third-order valence-corrected chi connectivity index (χ3v) is 5.75. The lowest BCUT2D eigenvalue weighted by atomic mass is 10.1. The van der Waals surface area contributed by atoms with Gasteiger partial charge in [-0.05, 0) is 98.8 Å². The van der Waals surface area contributed by atoms with E-state index in [0.717, 1.165) is 24.8 Å². The van der Waals surface area contributed by atoms with Gasteiger partial charge in [0, 0.05) is 9.64 Å². The zero-order valence-corrected chi connectivity index (χ0v) is 20.4. The third kappa shape index (κ3) is 6.54. The number of rotatable bonds is 7. The summed E-state index contributed by atoms with van der Waals surface area (Å²) in [7, 11) is 0. The summed E-state index contributed by atoms with van der Waals surface area (Å²) in [6.07, 6.45) is -3.27. The second kappa shape index (κ2) is 10.5. The van der Waals surface area contributed by atoms with Gasteiger partial charge < -0.3 is 4.74 Å². The molecular weight excluding hydrogens is 653 g/mol. The molecule has 3 aromatic rings. The molecule has 0 fully saturated rings. The van der Waals surface area contributed by atoms with Gasteiger partial charge in [-0.2, -0.15) is 18.3 Å². The molecule has 3 rings (SSSR count). The molecule has 0 aliphatic carbocycles. The molecule has 0 bridgehead atoms. The molecule has 0 aliphatic heterocycles. The molecule has 11 heteroatoms. The summed E-state index contributed by atoms with van der Waals surface area (Å²) in [6.45, 7) is 0.416. The molecule has 0 amide bonds. The quantitative estimate of drug-likeness (QED) is 0.130. The highest BCUT2D eigenvalue weighted by Gasteiger charge is 2.33. The van der Waals surface area contributed by atoms with Crippen LogP contribution in [0.2, 0.25) is 0 Å². The van der Waals surface area contributed by atoms with Crippen molar-refractivity contribution in [3.63, 3.8) is 0 Å². The summed E-state index contributed by atoms with van der Waals surface area (Å²) in [5, 5.41) is 15.0. The monoisotopic (exact) mass is 667 g/mol. The molecule has 0 aromatic heterocycles. The lowest BCUT2D eigenvalue weighted by molar-refractivity contribution is -0.384. The molecule has 32 heavy (non-hydrogen) atoms. The van der Waals surface area contributed by atoms with Crippen molar-refractivity contribution >= 4 is 62.8 Å². The van der Waals surface area contributed by atoms with E-state index in [1.807, 2.05) is 24.3 Å². The molecule has 6 nitrogen and oxygen atoms in total. The highest BCUT2D eigenvalue weighted by molar-refractivity contribution is 14.1. The zero-order valence-electron chi connectivity index (χ0n) is 16.1. The number of nitrogens with one attached hydrogen (secondary N) is 1. The number of alkyl halides is 3. The summed E-state index contributed by atoms with van der Waals surface area (Å²) in [6, 6.07) is 15.5. The molecule has 0 heterocycles. The number of hydrogen-bond acceptors (Lipinski definition) is 5. The Kier molecular flexibility index (Phi) is 7.92. The Bertz CT molecular complexity index is 1150. The topological polar surface area (TPSA) is 76.8 Å². The Morgan fingerprint density at radius 1 is 1.06 bits per heavy atom. The SMILES string of the molecule is O=[N+]([O-])c1cc(C(F)(F)F)ccc1N/N=C\c1ccc(OCc2ccc(I)cc2)c(I)c1. The minimum absolute atomic E-state index is 0.147. The maximum atomic E-state index is 12.8. The van der Waals surface area contributed by atoms with Crippen molar-refractivity contribution in [1.29, 1.82) is 0 Å². The summed E-state index contributed by atoms with van der Waals surface area (Å²) >= 11 is 4.35. The minimum Gasteiger partial charge on any atom is -0.488 e. The predicted octanol–water partition coefficient (Wildman–Crippen LogP) is 6.85. The van der Waals surface area contributed by atoms with Crippen LogP contribution in [0.3, 0.4) is 0 Å². The van der Waals surface area contributed by atoms with Crippen molar-refractivity contribution in [2.45, 2.75) is 12.8 Å². The number of ether oxygens (including phenoxy) is 1. The first kappa shape index (κ1) is 24.2. The van der Waals surface area contributed by atoms with Crippen LogP contribution in [0.15, 0.2) is 65.8 Å². The van der Waals surface area contributed by atoms with Gasteiger partial charge in [-0.3, -0.25) is 15.5 Å². The van der Waals surface area contributed by atoms with E-state index >= 15 is 0 Å². The standard InChI is InChI=1S/C21H14F3I2N3O3/c22-21(23,24)15-4-7-18(19(10-15)29(30)31)28-27-11-14-3-8-20(17(26)9-14)32-12-13-1-5-16(25)6-2-13/h1-11,28H,12H2/b27-11-. The second-order valence-corrected chi connectivity index (χ2v) is 8.87. The van der Waals surface area contributed by atoms with Crippen LogP contribution in [0.25, 0.3) is 0 Å². The van der Waals surface area contributed by atoms with Crippen LogP contribution in [-0.2, 0) is 12.8 Å². The molecule has 0 atom stereocenters. The van der Waals surface area contributed by atoms with Crippen molar-refractivity contribution in [3.8, 4) is 5.75 Å². The van der Waals surface area contributed by atoms with E-state index in [1.165, 1.54) is 6.21 Å². The average molecular weight is 667 g/mol. The average Bonchev–Trinajstić information content (AvgIpc) is 2.73. The number of nitro benzene ring substituents is 1. The normalized spacial score (nSPS) is 11.5. The number of benzene rings is 3. The summed E-state index contributed by atoms with van der Waals surface area (Å²) < 4.78 is 46.2. The maximum Gasteiger partial charge on any atom is 0.416 e. The van der Waals surface area contributed by atoms with Gasteiger partial charge in [0.1, 0.15) is 18.0 Å². The fourth-order valence-corrected chi connectivity index (χ4v) is 3.64. The lowest BCUT2D eigenvalue weighted by Gasteiger charge is -2.09. The van der Waals surface area contributed by atoms with Gasteiger partial charge in [0.25, 0.3) is 5.69 Å². The molecule has 0 saturated heterocycles. The van der Waals surface area contributed by atoms with Gasteiger partial charge in [-0.25, -0.2) is 0 Å². The molecule has 0 saturated carbocycles. The van der Waals surface area contributed by atoms with Crippen LogP contribution < -0.4 is 10.2 Å². The van der Waals surface area contributed by atoms with Crippen LogP contribution in [0, 0.1) is 17.3 Å². The summed E-state index contributed by atoms with van der Waals surface area (Å²) in [4.78, 5) is 10.2. The van der Waals surface area contributed by atoms with Gasteiger partial charge in [-0.15, -0.1) is 0 Å². The molecule has 1 N–H and O–H groups in total. The first-order valence-corrected chi connectivity index (χ1v) is 11.1. The van der Waals surface area contributed by atoms with E-state index < -0.39 is 22.4 Å². The minimum atomic E-state index is -4.67. The van der Waals surface area contributed by atoms with Gasteiger partial charge in [0.15, 0.2) is 0 Å². The molecule has 0 radical (unpaired) electrons. The van der Waals surface area contributed by atoms with E-state index in [0.29, 0.717) is 24.0 Å². The highest BCUT2D eigenvalue weighted by Crippen LogP contribution is 2.35. The van der Waals surface area contributed by atoms with Gasteiger partial charge >= 0.3 is 6.18 Å². The van der Waals surface area contributed by atoms with Crippen molar-refractivity contribution in [2.75, 3.05) is 5.43 Å². The Balaban J connectivity index is 1.67. The Morgan fingerprint density at radius 3 is 2.41 bits per heavy atom. The van der Waals surface area contributed by atoms with Gasteiger partial charge in [0.05, 0.1) is 20.3 Å². The molecule has 0 aliphatic rings. The highest BCUT2D eigenvalue weighted by atomic mass is 127. The molecule has 0 spiro atoms. The van der Waals surface area contributed by atoms with E-state index in [9.17, 15) is 23.3 Å². The van der Waals surface area contributed by atoms with Crippen molar-refractivity contribution in [2.24, 2.45) is 5.10 Å². The number of hydrazone groups is 1. The van der Waals surface area contributed by atoms with Crippen molar-refractivity contribution < 1.29 is 22.8 Å². The van der Waals surface area contributed by atoms with E-state index in [1.54, 1.807) is 18.2 Å². The second-order valence-electron chi connectivity index (χ2n) is 6.46. The Hall–Kier alpha value is -2.42. The van der Waals surface area contributed by atoms with Crippen LogP contribution in [-0.4, -0.2) is 11.1 Å². The molecule has 3 aromatic carbocycles. The van der Waals surface area contributed by atoms with E-state index in [2.05, 4.69) is 55.7 Å². The van der Waals surface area contributed by atoms with Crippen LogP contribution in [0.5, 0.6) is 5.75 Å². The largest absolute Gasteiger partial charge is 0.488 e. The first-order chi connectivity index (χ1) is 15.1. The lowest BCUT2D eigenvalue weighted by Crippen LogP contribution is -2.06. The van der Waals surface area contributed by atoms with Crippen LogP contribution >= 0.6 is 45.2 Å². The van der Waals surface area contributed by atoms with E-state index in [4.69, 9.17) is 4.74 Å². The number of hydrogen-bond donors (Lipinski definition) is 1. The number of nitro groups is 1. The Morgan fingerprint density at radius 2 is 1.78 bits per heavy atom. The van der Waals surface area contributed by atoms with Crippen molar-refractivity contribution in [1.82, 2.24) is 0 Å². The molecular formula is C21H14F3I2N3O3. The summed E-state index contributed by atoms with van der Waals surface area (Å²) in [5.74, 6) is 0.688. The predicted molar refractivity (Wildman–Crippen MR) is 132 cm³/mol. The van der Waals surface area contributed by atoms with Gasteiger partial charge in [0.2, 0.25) is 0 Å². The first-order valence-electron chi connectivity index (χ1n) is 8.95. The van der Waals surface area contributed by atoms with Crippen LogP contribution in [0.4, 0.5) is 24.5 Å². The van der Waals surface area contributed by atoms with Crippen molar-refractivity contribution in [3.05, 3.63) is 94.6 Å². The van der Waals surface area contributed by atoms with Crippen LogP contribution in [0.1, 0.15) is 16.7 Å². The fourth-order valence-electron chi connectivity index (χ4n) is 2.59. The molecule has 0 unspecified atom stereocenters. The van der Waals surface area contributed by atoms with Gasteiger partial charge in [-0.1, -0.05) is 12.1 Å². The zero-order chi connectivity index (χ0) is 23.3. The number of anilines is 1. The molecule has 166 valence electrons. The Labute approximate surface area is 208 Å². The number of nitrogens with zero attached hydrogens (tertiary/aromatic N) is 2. The smallest absolute Gasteiger partial charge is 0.416 e. The number of halogens is 5. The third-order valence-electron chi connectivity index (χ3n) is 4.18. The summed E-state index contributed by atoms with van der Waals surface area (Å²) in [5.41, 5.74) is 2.18.